The van der Waals surface area contributed by atoms with Gasteiger partial charge in [-0.05, 0) is 118 Å². The van der Waals surface area contributed by atoms with E-state index in [-0.39, 0.29) is 121 Å². The average Bonchev–Trinajstić information content (AvgIpc) is 4.03. The van der Waals surface area contributed by atoms with Crippen LogP contribution in [0.25, 0.3) is 0 Å². The third-order valence-corrected chi connectivity index (χ3v) is 14.4. The number of aromatic nitrogens is 8. The van der Waals surface area contributed by atoms with Crippen LogP contribution in [0.4, 0.5) is 0 Å². The number of carbonyl (C=O) groups is 4. The Morgan fingerprint density at radius 2 is 0.773 bits per heavy atom. The van der Waals surface area contributed by atoms with Crippen molar-refractivity contribution in [1.82, 2.24) is 40.4 Å². The molecule has 0 aliphatic rings. The minimum absolute atomic E-state index is 0. The number of benzene rings is 4. The zero-order valence-electron chi connectivity index (χ0n) is 43.3. The van der Waals surface area contributed by atoms with Crippen LogP contribution in [-0.2, 0) is 58.0 Å². The van der Waals surface area contributed by atoms with Gasteiger partial charge in [0.25, 0.3) is 0 Å². The molecule has 0 saturated heterocycles. The maximum Gasteiger partial charge on any atom is 1.00 e. The maximum absolute atomic E-state index is 12.1. The summed E-state index contributed by atoms with van der Waals surface area (Å²) in [4.78, 5) is 45.7. The van der Waals surface area contributed by atoms with Crippen molar-refractivity contribution in [1.29, 1.82) is 0 Å². The molecule has 0 amide bonds. The number of hydrogen-bond acceptors (Lipinski definition) is 14. The molecule has 6 aromatic rings. The van der Waals surface area contributed by atoms with E-state index >= 15 is 0 Å². The fraction of sp³-hybridized carbons (Fsp3) is 0.444. The molecular weight excluding hydrogens is 1050 g/mol. The second kappa shape index (κ2) is 40.1. The Kier molecular flexibility index (Phi) is 36.3. The van der Waals surface area contributed by atoms with Gasteiger partial charge in [0.05, 0.1) is 22.4 Å². The van der Waals surface area contributed by atoms with E-state index < -0.39 is 34.4 Å². The molecule has 392 valence electrons. The number of thioether (sulfide) groups is 2. The number of hydrogen-bond donors (Lipinski definition) is 2. The molecule has 0 aliphatic heterocycles. The summed E-state index contributed by atoms with van der Waals surface area (Å²) in [5.74, 6) is -4.20. The largest absolute Gasteiger partial charge is 1.00 e. The Balaban J connectivity index is 0.000000494. The summed E-state index contributed by atoms with van der Waals surface area (Å²) in [6.07, 6.45) is 18.3. The molecule has 4 aromatic carbocycles. The van der Waals surface area contributed by atoms with Crippen molar-refractivity contribution in [2.45, 2.75) is 162 Å². The molecule has 2 unspecified atom stereocenters. The standard InChI is InChI=1S/2C27H34N4O4S.2K.H2O/c2*32-24(33)19-12-20-31-27(28-29-30-31)36-25(26(34)35)23-18-11-10-17-22(23)16-9-4-2-1-3-6-13-21-14-7-5-8-15-21;;;/h2*5,7-8,10-11,14-15,17-18,25H,1-4,6,9,12-13,16,19-20H2,(H,32,33)(H,34,35);;;1H2/q;;2*+1;/p-2. The van der Waals surface area contributed by atoms with Gasteiger partial charge in [0.2, 0.25) is 10.3 Å². The summed E-state index contributed by atoms with van der Waals surface area (Å²) in [6.45, 7) is 0.600. The van der Waals surface area contributed by atoms with Crippen molar-refractivity contribution < 1.29 is 148 Å². The third-order valence-electron chi connectivity index (χ3n) is 12.1. The van der Waals surface area contributed by atoms with Crippen LogP contribution in [-0.4, -0.2) is 80.0 Å². The SMILES string of the molecule is O.O=C(O)CCCn1nnnc1SC(C(=O)[O-])c1ccccc1CCCCCCCCc1ccccc1.O=C(O)CCCn1nnnc1SC(C(=O)[O-])c1ccccc1CCCCCCCCc1ccccc1.[K+].[K+]. The number of unbranched alkanes of at least 4 members (excludes halogenated alkanes) is 10. The smallest absolute Gasteiger partial charge is 0.549 e. The zero-order valence-corrected chi connectivity index (χ0v) is 51.2. The van der Waals surface area contributed by atoms with Gasteiger partial charge >= 0.3 is 115 Å². The molecule has 0 aliphatic carbocycles. The molecule has 2 heterocycles. The predicted octanol–water partition coefficient (Wildman–Crippen LogP) is 1.68. The van der Waals surface area contributed by atoms with E-state index in [2.05, 4.69) is 79.6 Å². The summed E-state index contributed by atoms with van der Waals surface area (Å²) in [5, 5.41) is 63.5. The Labute approximate surface area is 533 Å². The number of carboxylic acid groups (broad SMARTS) is 4. The van der Waals surface area contributed by atoms with Crippen LogP contribution >= 0.6 is 23.5 Å². The van der Waals surface area contributed by atoms with Crippen molar-refractivity contribution in [3.05, 3.63) is 143 Å². The second-order valence-electron chi connectivity index (χ2n) is 17.6. The Morgan fingerprint density at radius 1 is 0.453 bits per heavy atom. The van der Waals surface area contributed by atoms with E-state index in [4.69, 9.17) is 10.2 Å². The van der Waals surface area contributed by atoms with E-state index in [0.717, 1.165) is 86.0 Å². The number of aliphatic carboxylic acids is 4. The minimum Gasteiger partial charge on any atom is -0.549 e. The first-order chi connectivity index (χ1) is 35.1. The summed E-state index contributed by atoms with van der Waals surface area (Å²) < 4.78 is 2.90. The first-order valence-corrected chi connectivity index (χ1v) is 26.8. The van der Waals surface area contributed by atoms with Crippen LogP contribution in [0.5, 0.6) is 0 Å². The van der Waals surface area contributed by atoms with E-state index in [0.29, 0.717) is 47.4 Å². The van der Waals surface area contributed by atoms with E-state index in [1.54, 1.807) is 0 Å². The maximum atomic E-state index is 12.1. The van der Waals surface area contributed by atoms with Crippen molar-refractivity contribution in [3.63, 3.8) is 0 Å². The monoisotopic (exact) mass is 1110 g/mol. The Hall–Kier alpha value is -3.17. The molecule has 21 heteroatoms. The Bertz CT molecular complexity index is 2370. The summed E-state index contributed by atoms with van der Waals surface area (Å²) in [6, 6.07) is 36.2. The van der Waals surface area contributed by atoms with Crippen molar-refractivity contribution >= 4 is 47.4 Å². The molecule has 17 nitrogen and oxygen atoms in total. The molecule has 6 rings (SSSR count). The van der Waals surface area contributed by atoms with Crippen LogP contribution in [0.15, 0.2) is 120 Å². The van der Waals surface area contributed by atoms with E-state index in [9.17, 15) is 29.4 Å². The van der Waals surface area contributed by atoms with Crippen LogP contribution in [0.2, 0.25) is 0 Å². The van der Waals surface area contributed by atoms with Gasteiger partial charge in [-0.25, -0.2) is 9.36 Å². The average molecular weight is 1120 g/mol. The quantitative estimate of drug-likeness (QED) is 0.0331. The number of rotatable bonds is 34. The number of tetrazole rings is 2. The van der Waals surface area contributed by atoms with Gasteiger partial charge in [-0.2, -0.15) is 0 Å². The van der Waals surface area contributed by atoms with Gasteiger partial charge in [0, 0.05) is 25.9 Å². The second-order valence-corrected chi connectivity index (χ2v) is 19.8. The van der Waals surface area contributed by atoms with Gasteiger partial charge in [-0.1, -0.05) is 184 Å². The van der Waals surface area contributed by atoms with Crippen LogP contribution < -0.4 is 113 Å². The van der Waals surface area contributed by atoms with E-state index in [1.807, 2.05) is 60.7 Å². The normalized spacial score (nSPS) is 11.4. The van der Waals surface area contributed by atoms with E-state index in [1.165, 1.54) is 71.9 Å². The molecular formula is C54H68K2N8O9S2. The van der Waals surface area contributed by atoms with Gasteiger partial charge in [-0.3, -0.25) is 9.59 Å². The number of aryl methyl sites for hydroxylation is 6. The van der Waals surface area contributed by atoms with Gasteiger partial charge in [0.1, 0.15) is 0 Å². The molecule has 4 N–H and O–H groups in total. The molecule has 0 saturated carbocycles. The molecule has 2 atom stereocenters. The zero-order chi connectivity index (χ0) is 51.2. The van der Waals surface area contributed by atoms with Crippen LogP contribution in [0, 0.1) is 0 Å². The Morgan fingerprint density at radius 3 is 1.12 bits per heavy atom. The third kappa shape index (κ3) is 26.4. The summed E-state index contributed by atoms with van der Waals surface area (Å²) in [5.41, 5.74) is 6.17. The van der Waals surface area contributed by atoms with Crippen LogP contribution in [0.3, 0.4) is 0 Å². The van der Waals surface area contributed by atoms with Gasteiger partial charge in [0.15, 0.2) is 0 Å². The van der Waals surface area contributed by atoms with Crippen molar-refractivity contribution in [2.24, 2.45) is 0 Å². The minimum atomic E-state index is -1.20. The van der Waals surface area contributed by atoms with Gasteiger partial charge < -0.3 is 35.5 Å². The molecule has 0 spiro atoms. The fourth-order valence-electron chi connectivity index (χ4n) is 8.32. The van der Waals surface area contributed by atoms with Gasteiger partial charge in [-0.15, -0.1) is 10.2 Å². The fourth-order valence-corrected chi connectivity index (χ4v) is 10.3. The molecule has 0 radical (unpaired) electrons. The molecule has 0 bridgehead atoms. The first-order valence-electron chi connectivity index (χ1n) is 25.0. The van der Waals surface area contributed by atoms with Crippen LogP contribution in [0.1, 0.15) is 147 Å². The first kappa shape index (κ1) is 67.9. The molecule has 2 aromatic heterocycles. The predicted molar refractivity (Wildman–Crippen MR) is 276 cm³/mol. The summed E-state index contributed by atoms with van der Waals surface area (Å²) in [7, 11) is 0. The van der Waals surface area contributed by atoms with Crippen molar-refractivity contribution in [2.75, 3.05) is 0 Å². The number of nitrogens with zero attached hydrogens (tertiary/aromatic N) is 8. The molecule has 0 fully saturated rings. The summed E-state index contributed by atoms with van der Waals surface area (Å²) >= 11 is 2.05. The molecule has 75 heavy (non-hydrogen) atoms. The number of carboxylic acids is 4. The number of carbonyl (C=O) groups excluding carboxylic acids is 2. The topological polar surface area (TPSA) is 274 Å². The van der Waals surface area contributed by atoms with Crippen molar-refractivity contribution in [3.8, 4) is 0 Å².